The molecule has 1 aliphatic rings. The number of hydrogen-bond acceptors (Lipinski definition) is 4. The van der Waals surface area contributed by atoms with Crippen LogP contribution in [-0.4, -0.2) is 47.2 Å². The SMILES string of the molecule is CSC(C)CCNC(=O)C1CCC(C(=O)O)O1. The number of aliphatic carboxylic acids is 1. The van der Waals surface area contributed by atoms with Gasteiger partial charge in [-0.1, -0.05) is 6.92 Å². The minimum absolute atomic E-state index is 0.193. The summed E-state index contributed by atoms with van der Waals surface area (Å²) in [6, 6.07) is 0. The number of ether oxygens (including phenoxy) is 1. The maximum Gasteiger partial charge on any atom is 0.332 e. The fourth-order valence-corrected chi connectivity index (χ4v) is 2.00. The molecule has 6 heteroatoms. The van der Waals surface area contributed by atoms with Crippen LogP contribution >= 0.6 is 11.8 Å². The van der Waals surface area contributed by atoms with Crippen LogP contribution in [0.5, 0.6) is 0 Å². The smallest absolute Gasteiger partial charge is 0.332 e. The number of nitrogens with one attached hydrogen (secondary N) is 1. The van der Waals surface area contributed by atoms with Gasteiger partial charge in [0.05, 0.1) is 0 Å². The zero-order chi connectivity index (χ0) is 12.8. The molecule has 0 aromatic rings. The molecule has 0 aromatic carbocycles. The average molecular weight is 261 g/mol. The average Bonchev–Trinajstić information content (AvgIpc) is 2.78. The number of carboxylic acids is 1. The minimum atomic E-state index is -0.990. The Kier molecular flexibility index (Phi) is 5.77. The Bertz CT molecular complexity index is 285. The molecule has 0 radical (unpaired) electrons. The van der Waals surface area contributed by atoms with Crippen molar-refractivity contribution in [1.29, 1.82) is 0 Å². The van der Waals surface area contributed by atoms with E-state index >= 15 is 0 Å². The molecule has 3 atom stereocenters. The summed E-state index contributed by atoms with van der Waals surface area (Å²) in [6.07, 6.45) is 2.41. The number of hydrogen-bond donors (Lipinski definition) is 2. The molecule has 1 heterocycles. The van der Waals surface area contributed by atoms with Crippen molar-refractivity contribution in [3.05, 3.63) is 0 Å². The summed E-state index contributed by atoms with van der Waals surface area (Å²) in [5, 5.41) is 12.0. The largest absolute Gasteiger partial charge is 0.479 e. The molecule has 98 valence electrons. The van der Waals surface area contributed by atoms with Crippen molar-refractivity contribution in [3.63, 3.8) is 0 Å². The van der Waals surface area contributed by atoms with Crippen LogP contribution in [0.1, 0.15) is 26.2 Å². The van der Waals surface area contributed by atoms with Crippen molar-refractivity contribution >= 4 is 23.6 Å². The van der Waals surface area contributed by atoms with Gasteiger partial charge in [0.1, 0.15) is 6.10 Å². The second-order valence-electron chi connectivity index (χ2n) is 4.15. The van der Waals surface area contributed by atoms with Gasteiger partial charge in [-0.15, -0.1) is 0 Å². The number of carboxylic acid groups (broad SMARTS) is 1. The molecule has 5 nitrogen and oxygen atoms in total. The Morgan fingerprint density at radius 1 is 1.47 bits per heavy atom. The first-order chi connectivity index (χ1) is 8.04. The summed E-state index contributed by atoms with van der Waals surface area (Å²) < 4.78 is 5.15. The Morgan fingerprint density at radius 2 is 2.12 bits per heavy atom. The molecule has 1 saturated heterocycles. The van der Waals surface area contributed by atoms with E-state index in [0.29, 0.717) is 24.6 Å². The number of rotatable bonds is 6. The molecule has 0 bridgehead atoms. The van der Waals surface area contributed by atoms with Gasteiger partial charge < -0.3 is 15.2 Å². The third-order valence-corrected chi connectivity index (χ3v) is 3.88. The Morgan fingerprint density at radius 3 is 2.65 bits per heavy atom. The standard InChI is InChI=1S/C11H19NO4S/c1-7(17-2)5-6-12-10(13)8-3-4-9(16-8)11(14)15/h7-9H,3-6H2,1-2H3,(H,12,13)(H,14,15). The van der Waals surface area contributed by atoms with E-state index in [-0.39, 0.29) is 5.91 Å². The third kappa shape index (κ3) is 4.55. The highest BCUT2D eigenvalue weighted by Gasteiger charge is 2.34. The van der Waals surface area contributed by atoms with E-state index in [1.165, 1.54) is 0 Å². The molecule has 1 aliphatic heterocycles. The monoisotopic (exact) mass is 261 g/mol. The van der Waals surface area contributed by atoms with Gasteiger partial charge >= 0.3 is 5.97 Å². The van der Waals surface area contributed by atoms with Gasteiger partial charge in [-0.3, -0.25) is 4.79 Å². The van der Waals surface area contributed by atoms with Gasteiger partial charge in [0.2, 0.25) is 5.91 Å². The van der Waals surface area contributed by atoms with Crippen LogP contribution in [0.25, 0.3) is 0 Å². The summed E-state index contributed by atoms with van der Waals surface area (Å²) in [4.78, 5) is 22.3. The van der Waals surface area contributed by atoms with Crippen molar-refractivity contribution in [2.45, 2.75) is 43.6 Å². The second kappa shape index (κ2) is 6.86. The van der Waals surface area contributed by atoms with Gasteiger partial charge in [-0.25, -0.2) is 4.79 Å². The Hall–Kier alpha value is -0.750. The zero-order valence-corrected chi connectivity index (χ0v) is 11.0. The molecule has 3 unspecified atom stereocenters. The molecule has 0 aliphatic carbocycles. The Labute approximate surface area is 105 Å². The highest BCUT2D eigenvalue weighted by molar-refractivity contribution is 7.99. The summed E-state index contributed by atoms with van der Waals surface area (Å²) in [5.41, 5.74) is 0. The topological polar surface area (TPSA) is 75.6 Å². The van der Waals surface area contributed by atoms with Gasteiger partial charge in [0.25, 0.3) is 0 Å². The van der Waals surface area contributed by atoms with E-state index in [9.17, 15) is 9.59 Å². The molecule has 2 N–H and O–H groups in total. The highest BCUT2D eigenvalue weighted by atomic mass is 32.2. The van der Waals surface area contributed by atoms with Crippen molar-refractivity contribution < 1.29 is 19.4 Å². The van der Waals surface area contributed by atoms with E-state index in [1.54, 1.807) is 11.8 Å². The van der Waals surface area contributed by atoms with E-state index in [1.807, 2.05) is 6.26 Å². The summed E-state index contributed by atoms with van der Waals surface area (Å²) in [7, 11) is 0. The van der Waals surface area contributed by atoms with E-state index < -0.39 is 18.2 Å². The lowest BCUT2D eigenvalue weighted by molar-refractivity contribution is -0.151. The van der Waals surface area contributed by atoms with E-state index in [2.05, 4.69) is 12.2 Å². The number of thioether (sulfide) groups is 1. The van der Waals surface area contributed by atoms with Gasteiger partial charge in [0, 0.05) is 11.8 Å². The van der Waals surface area contributed by atoms with Crippen LogP contribution in [0.3, 0.4) is 0 Å². The molecule has 0 saturated carbocycles. The van der Waals surface area contributed by atoms with Crippen molar-refractivity contribution in [1.82, 2.24) is 5.32 Å². The number of carbonyl (C=O) groups is 2. The lowest BCUT2D eigenvalue weighted by Crippen LogP contribution is -2.36. The maximum atomic E-state index is 11.6. The van der Waals surface area contributed by atoms with Crippen LogP contribution in [0.2, 0.25) is 0 Å². The van der Waals surface area contributed by atoms with Crippen molar-refractivity contribution in [2.75, 3.05) is 12.8 Å². The molecular formula is C11H19NO4S. The van der Waals surface area contributed by atoms with E-state index in [4.69, 9.17) is 9.84 Å². The fraction of sp³-hybridized carbons (Fsp3) is 0.818. The molecule has 1 amide bonds. The summed E-state index contributed by atoms with van der Waals surface area (Å²) in [6.45, 7) is 2.71. The predicted octanol–water partition coefficient (Wildman–Crippen LogP) is 0.876. The third-order valence-electron chi connectivity index (χ3n) is 2.84. The summed E-state index contributed by atoms with van der Waals surface area (Å²) in [5.74, 6) is -1.18. The first-order valence-electron chi connectivity index (χ1n) is 5.73. The van der Waals surface area contributed by atoms with Crippen molar-refractivity contribution in [2.24, 2.45) is 0 Å². The molecule has 17 heavy (non-hydrogen) atoms. The van der Waals surface area contributed by atoms with Gasteiger partial charge in [-0.2, -0.15) is 11.8 Å². The van der Waals surface area contributed by atoms with Crippen LogP contribution in [0.4, 0.5) is 0 Å². The number of amides is 1. The quantitative estimate of drug-likeness (QED) is 0.742. The number of carbonyl (C=O) groups excluding carboxylic acids is 1. The second-order valence-corrected chi connectivity index (χ2v) is 5.43. The molecule has 1 rings (SSSR count). The minimum Gasteiger partial charge on any atom is -0.479 e. The first-order valence-corrected chi connectivity index (χ1v) is 7.02. The normalized spacial score (nSPS) is 25.5. The lowest BCUT2D eigenvalue weighted by atomic mass is 10.2. The van der Waals surface area contributed by atoms with Gasteiger partial charge in [0.15, 0.2) is 6.10 Å². The van der Waals surface area contributed by atoms with Crippen LogP contribution in [-0.2, 0) is 14.3 Å². The summed E-state index contributed by atoms with van der Waals surface area (Å²) >= 11 is 1.75. The fourth-order valence-electron chi connectivity index (χ4n) is 1.64. The molecular weight excluding hydrogens is 242 g/mol. The zero-order valence-electron chi connectivity index (χ0n) is 10.1. The van der Waals surface area contributed by atoms with Gasteiger partial charge in [-0.05, 0) is 25.5 Å². The van der Waals surface area contributed by atoms with Crippen LogP contribution in [0, 0.1) is 0 Å². The maximum absolute atomic E-state index is 11.6. The van der Waals surface area contributed by atoms with E-state index in [0.717, 1.165) is 6.42 Å². The Balaban J connectivity index is 2.23. The van der Waals surface area contributed by atoms with Crippen LogP contribution in [0.15, 0.2) is 0 Å². The first kappa shape index (κ1) is 14.3. The van der Waals surface area contributed by atoms with Crippen molar-refractivity contribution in [3.8, 4) is 0 Å². The lowest BCUT2D eigenvalue weighted by Gasteiger charge is -2.13. The van der Waals surface area contributed by atoms with Crippen LogP contribution < -0.4 is 5.32 Å². The molecule has 0 aromatic heterocycles. The predicted molar refractivity (Wildman–Crippen MR) is 66.1 cm³/mol. The molecule has 1 fully saturated rings. The highest BCUT2D eigenvalue weighted by Crippen LogP contribution is 2.20. The molecule has 0 spiro atoms.